The maximum atomic E-state index is 10.6. The Labute approximate surface area is 104 Å². The van der Waals surface area contributed by atoms with Crippen molar-refractivity contribution in [3.8, 4) is 0 Å². The summed E-state index contributed by atoms with van der Waals surface area (Å²) in [7, 11) is 0. The molecule has 0 bridgehead atoms. The molecule has 0 saturated heterocycles. The lowest BCUT2D eigenvalue weighted by Gasteiger charge is -2.15. The minimum absolute atomic E-state index is 0.260. The third kappa shape index (κ3) is 4.22. The van der Waals surface area contributed by atoms with Gasteiger partial charge in [0.25, 0.3) is 0 Å². The molecule has 0 aliphatic heterocycles. The average molecular weight is 259 g/mol. The van der Waals surface area contributed by atoms with Crippen molar-refractivity contribution in [2.45, 2.75) is 12.5 Å². The van der Waals surface area contributed by atoms with Gasteiger partial charge in [0.2, 0.25) is 0 Å². The molecule has 0 radical (unpaired) electrons. The first kappa shape index (κ1) is 13.8. The fraction of sp³-hybridized carbons (Fsp3) is 0.364. The standard InChI is InChI=1S/C11H15ClN2O3/c12-5-6-14(17)9-3-1-8(2-4-9)7-10(13)11(15)16/h1-4,10,17H,5-7,13H2,(H,15,16). The highest BCUT2D eigenvalue weighted by molar-refractivity contribution is 6.18. The second kappa shape index (κ2) is 6.44. The third-order valence-electron chi connectivity index (χ3n) is 2.30. The minimum atomic E-state index is -1.03. The second-order valence-corrected chi connectivity index (χ2v) is 4.01. The SMILES string of the molecule is NC(Cc1ccc(N(O)CCCl)cc1)C(=O)O. The molecule has 1 aromatic carbocycles. The molecule has 5 nitrogen and oxygen atoms in total. The normalized spacial score (nSPS) is 12.2. The molecule has 0 aliphatic carbocycles. The molecule has 0 saturated carbocycles. The Kier molecular flexibility index (Phi) is 5.21. The van der Waals surface area contributed by atoms with Gasteiger partial charge in [-0.1, -0.05) is 12.1 Å². The van der Waals surface area contributed by atoms with E-state index in [0.717, 1.165) is 10.6 Å². The van der Waals surface area contributed by atoms with E-state index in [4.69, 9.17) is 22.4 Å². The number of benzene rings is 1. The molecular formula is C11H15ClN2O3. The third-order valence-corrected chi connectivity index (χ3v) is 2.47. The minimum Gasteiger partial charge on any atom is -0.480 e. The maximum absolute atomic E-state index is 10.6. The average Bonchev–Trinajstić information content (AvgIpc) is 2.30. The zero-order valence-corrected chi connectivity index (χ0v) is 9.97. The quantitative estimate of drug-likeness (QED) is 0.525. The number of hydroxylamine groups is 1. The molecule has 0 amide bonds. The van der Waals surface area contributed by atoms with E-state index in [0.29, 0.717) is 18.1 Å². The number of nitrogens with two attached hydrogens (primary N) is 1. The summed E-state index contributed by atoms with van der Waals surface area (Å²) in [4.78, 5) is 10.6. The van der Waals surface area contributed by atoms with Crippen LogP contribution in [0.1, 0.15) is 5.56 Å². The maximum Gasteiger partial charge on any atom is 0.320 e. The molecule has 0 fully saturated rings. The van der Waals surface area contributed by atoms with Crippen LogP contribution in [0.15, 0.2) is 24.3 Å². The lowest BCUT2D eigenvalue weighted by atomic mass is 10.1. The molecule has 1 atom stereocenters. The van der Waals surface area contributed by atoms with E-state index in [2.05, 4.69) is 0 Å². The van der Waals surface area contributed by atoms with E-state index in [-0.39, 0.29) is 6.42 Å². The van der Waals surface area contributed by atoms with Crippen molar-refractivity contribution in [3.63, 3.8) is 0 Å². The van der Waals surface area contributed by atoms with Crippen LogP contribution >= 0.6 is 11.6 Å². The summed E-state index contributed by atoms with van der Waals surface area (Å²) >= 11 is 5.50. The van der Waals surface area contributed by atoms with Gasteiger partial charge in [-0.2, -0.15) is 0 Å². The number of hydrogen-bond acceptors (Lipinski definition) is 4. The molecule has 0 aliphatic rings. The van der Waals surface area contributed by atoms with Gasteiger partial charge in [-0.3, -0.25) is 15.1 Å². The highest BCUT2D eigenvalue weighted by atomic mass is 35.5. The fourth-order valence-electron chi connectivity index (χ4n) is 1.35. The van der Waals surface area contributed by atoms with Crippen LogP contribution in [0.3, 0.4) is 0 Å². The molecule has 1 aromatic rings. The Morgan fingerprint density at radius 3 is 2.47 bits per heavy atom. The van der Waals surface area contributed by atoms with E-state index in [1.54, 1.807) is 24.3 Å². The van der Waals surface area contributed by atoms with Crippen molar-refractivity contribution >= 4 is 23.3 Å². The number of halogens is 1. The number of alkyl halides is 1. The van der Waals surface area contributed by atoms with Crippen molar-refractivity contribution in [2.24, 2.45) is 5.73 Å². The first-order chi connectivity index (χ1) is 8.04. The predicted molar refractivity (Wildman–Crippen MR) is 65.6 cm³/mol. The molecule has 0 spiro atoms. The smallest absolute Gasteiger partial charge is 0.320 e. The van der Waals surface area contributed by atoms with Gasteiger partial charge in [-0.25, -0.2) is 0 Å². The molecule has 1 unspecified atom stereocenters. The lowest BCUT2D eigenvalue weighted by molar-refractivity contribution is -0.138. The zero-order chi connectivity index (χ0) is 12.8. The van der Waals surface area contributed by atoms with Crippen LogP contribution in [0.2, 0.25) is 0 Å². The van der Waals surface area contributed by atoms with Gasteiger partial charge in [-0.15, -0.1) is 11.6 Å². The largest absolute Gasteiger partial charge is 0.480 e. The molecular weight excluding hydrogens is 244 g/mol. The van der Waals surface area contributed by atoms with E-state index in [1.807, 2.05) is 0 Å². The first-order valence-electron chi connectivity index (χ1n) is 5.14. The van der Waals surface area contributed by atoms with Gasteiger partial charge in [0.05, 0.1) is 12.2 Å². The zero-order valence-electron chi connectivity index (χ0n) is 9.21. The number of hydrogen-bond donors (Lipinski definition) is 3. The molecule has 4 N–H and O–H groups in total. The number of anilines is 1. The Morgan fingerprint density at radius 2 is 2.00 bits per heavy atom. The van der Waals surface area contributed by atoms with Crippen molar-refractivity contribution in [3.05, 3.63) is 29.8 Å². The first-order valence-corrected chi connectivity index (χ1v) is 5.67. The summed E-state index contributed by atoms with van der Waals surface area (Å²) in [6.07, 6.45) is 0.260. The van der Waals surface area contributed by atoms with Crippen LogP contribution in [0.5, 0.6) is 0 Å². The van der Waals surface area contributed by atoms with Gasteiger partial charge in [0.15, 0.2) is 0 Å². The van der Waals surface area contributed by atoms with E-state index >= 15 is 0 Å². The number of aliphatic carboxylic acids is 1. The van der Waals surface area contributed by atoms with Crippen LogP contribution in [-0.4, -0.2) is 34.7 Å². The van der Waals surface area contributed by atoms with Crippen LogP contribution in [-0.2, 0) is 11.2 Å². The van der Waals surface area contributed by atoms with Gasteiger partial charge in [0, 0.05) is 5.88 Å². The highest BCUT2D eigenvalue weighted by Crippen LogP contribution is 2.14. The topological polar surface area (TPSA) is 86.8 Å². The number of carbonyl (C=O) groups is 1. The predicted octanol–water partition coefficient (Wildman–Crippen LogP) is 1.08. The number of rotatable bonds is 6. The lowest BCUT2D eigenvalue weighted by Crippen LogP contribution is -2.32. The number of carboxylic acid groups (broad SMARTS) is 1. The van der Waals surface area contributed by atoms with Crippen LogP contribution in [0.25, 0.3) is 0 Å². The Balaban J connectivity index is 2.64. The van der Waals surface area contributed by atoms with Gasteiger partial charge >= 0.3 is 5.97 Å². The highest BCUT2D eigenvalue weighted by Gasteiger charge is 2.12. The second-order valence-electron chi connectivity index (χ2n) is 3.63. The van der Waals surface area contributed by atoms with Crippen molar-refractivity contribution in [1.29, 1.82) is 0 Å². The molecule has 0 aromatic heterocycles. The van der Waals surface area contributed by atoms with Gasteiger partial charge < -0.3 is 10.8 Å². The molecule has 6 heteroatoms. The summed E-state index contributed by atoms with van der Waals surface area (Å²) < 4.78 is 0. The van der Waals surface area contributed by atoms with Crippen LogP contribution in [0.4, 0.5) is 5.69 Å². The monoisotopic (exact) mass is 258 g/mol. The summed E-state index contributed by atoms with van der Waals surface area (Å²) in [5, 5.41) is 19.2. The Hall–Kier alpha value is -1.30. The van der Waals surface area contributed by atoms with Crippen LogP contribution in [0, 0.1) is 0 Å². The summed E-state index contributed by atoms with van der Waals surface area (Å²) in [5.74, 6) is -0.706. The number of nitrogens with zero attached hydrogens (tertiary/aromatic N) is 1. The van der Waals surface area contributed by atoms with Crippen molar-refractivity contribution < 1.29 is 15.1 Å². The molecule has 0 heterocycles. The Bertz CT molecular complexity index is 369. The van der Waals surface area contributed by atoms with Crippen molar-refractivity contribution in [1.82, 2.24) is 0 Å². The summed E-state index contributed by atoms with van der Waals surface area (Å²) in [5.41, 5.74) is 6.84. The van der Waals surface area contributed by atoms with Crippen LogP contribution < -0.4 is 10.8 Å². The molecule has 1 rings (SSSR count). The Morgan fingerprint density at radius 1 is 1.41 bits per heavy atom. The number of carboxylic acids is 1. The summed E-state index contributed by atoms with van der Waals surface area (Å²) in [6.45, 7) is 0.329. The van der Waals surface area contributed by atoms with E-state index in [9.17, 15) is 10.0 Å². The summed E-state index contributed by atoms with van der Waals surface area (Å²) in [6, 6.07) is 5.94. The van der Waals surface area contributed by atoms with E-state index in [1.165, 1.54) is 0 Å². The van der Waals surface area contributed by atoms with E-state index < -0.39 is 12.0 Å². The van der Waals surface area contributed by atoms with Gasteiger partial charge in [-0.05, 0) is 24.1 Å². The van der Waals surface area contributed by atoms with Gasteiger partial charge in [0.1, 0.15) is 6.04 Å². The van der Waals surface area contributed by atoms with Crippen molar-refractivity contribution in [2.75, 3.05) is 17.5 Å². The molecule has 17 heavy (non-hydrogen) atoms. The fourth-order valence-corrected chi connectivity index (χ4v) is 1.51. The molecule has 94 valence electrons.